The SMILES string of the molecule is COc1cc2c3c(c1OC)C1(C)CCCC(C)(C)C1C[C@@H]3[C@H](OC(C)=O)[C@@]21CCC2C(COC(=O)C(C)(C)C)C21. The molecule has 5 unspecified atom stereocenters. The highest BCUT2D eigenvalue weighted by atomic mass is 16.5. The lowest BCUT2D eigenvalue weighted by Crippen LogP contribution is -2.50. The Morgan fingerprint density at radius 3 is 2.40 bits per heavy atom. The number of carbonyl (C=O) groups is 2. The first-order valence-electron chi connectivity index (χ1n) is 15.4. The summed E-state index contributed by atoms with van der Waals surface area (Å²) in [6.07, 6.45) is 6.33. The van der Waals surface area contributed by atoms with Gasteiger partial charge in [0.15, 0.2) is 11.5 Å². The molecule has 6 nitrogen and oxygen atoms in total. The van der Waals surface area contributed by atoms with Crippen molar-refractivity contribution in [3.63, 3.8) is 0 Å². The Bertz CT molecular complexity index is 1240. The monoisotopic (exact) mass is 552 g/mol. The quantitative estimate of drug-likeness (QED) is 0.379. The molecule has 0 radical (unpaired) electrons. The first-order chi connectivity index (χ1) is 18.7. The molecule has 0 aromatic heterocycles. The van der Waals surface area contributed by atoms with E-state index in [1.54, 1.807) is 21.1 Å². The average molecular weight is 553 g/mol. The van der Waals surface area contributed by atoms with E-state index in [9.17, 15) is 9.59 Å². The fourth-order valence-electron chi connectivity index (χ4n) is 10.3. The Kier molecular flexibility index (Phi) is 6.19. The molecule has 0 bridgehead atoms. The Balaban J connectivity index is 1.52. The summed E-state index contributed by atoms with van der Waals surface area (Å²) in [6, 6.07) is 2.21. The second-order valence-electron chi connectivity index (χ2n) is 15.4. The van der Waals surface area contributed by atoms with Crippen molar-refractivity contribution < 1.29 is 28.5 Å². The topological polar surface area (TPSA) is 71.1 Å². The molecule has 40 heavy (non-hydrogen) atoms. The molecule has 5 aliphatic rings. The van der Waals surface area contributed by atoms with Gasteiger partial charge in [-0.25, -0.2) is 0 Å². The summed E-state index contributed by atoms with van der Waals surface area (Å²) in [7, 11) is 3.49. The number of fused-ring (bicyclic) bond motifs is 5. The van der Waals surface area contributed by atoms with E-state index >= 15 is 0 Å². The number of esters is 2. The molecule has 0 amide bonds. The second-order valence-corrected chi connectivity index (χ2v) is 15.4. The second kappa shape index (κ2) is 8.88. The van der Waals surface area contributed by atoms with Gasteiger partial charge in [0.25, 0.3) is 0 Å². The minimum atomic E-state index is -0.525. The van der Waals surface area contributed by atoms with E-state index in [2.05, 4.69) is 26.8 Å². The minimum absolute atomic E-state index is 0.0439. The zero-order valence-electron chi connectivity index (χ0n) is 25.9. The summed E-state index contributed by atoms with van der Waals surface area (Å²) >= 11 is 0. The van der Waals surface area contributed by atoms with E-state index in [1.165, 1.54) is 29.5 Å². The third-order valence-corrected chi connectivity index (χ3v) is 11.9. The summed E-state index contributed by atoms with van der Waals surface area (Å²) in [6.45, 7) is 15.0. The van der Waals surface area contributed by atoms with Crippen LogP contribution in [0.4, 0.5) is 0 Å². The van der Waals surface area contributed by atoms with E-state index in [1.807, 2.05) is 20.8 Å². The number of ether oxygens (including phenoxy) is 4. The predicted octanol–water partition coefficient (Wildman–Crippen LogP) is 6.70. The summed E-state index contributed by atoms with van der Waals surface area (Å²) in [5.74, 6) is 2.92. The van der Waals surface area contributed by atoms with Gasteiger partial charge in [0.1, 0.15) is 6.10 Å². The first kappa shape index (κ1) is 27.9. The molecular formula is C34H48O6. The summed E-state index contributed by atoms with van der Waals surface area (Å²) < 4.78 is 24.6. The van der Waals surface area contributed by atoms with Gasteiger partial charge >= 0.3 is 11.9 Å². The van der Waals surface area contributed by atoms with Crippen LogP contribution in [0.15, 0.2) is 6.07 Å². The maximum absolute atomic E-state index is 12.8. The van der Waals surface area contributed by atoms with Crippen LogP contribution in [-0.4, -0.2) is 38.9 Å². The van der Waals surface area contributed by atoms with Gasteiger partial charge in [-0.3, -0.25) is 9.59 Å². The smallest absolute Gasteiger partial charge is 0.311 e. The fourth-order valence-corrected chi connectivity index (χ4v) is 10.3. The van der Waals surface area contributed by atoms with E-state index in [-0.39, 0.29) is 46.1 Å². The molecule has 3 saturated carbocycles. The van der Waals surface area contributed by atoms with Gasteiger partial charge in [-0.1, -0.05) is 27.2 Å². The largest absolute Gasteiger partial charge is 0.493 e. The third kappa shape index (κ3) is 3.65. The molecule has 6 heteroatoms. The van der Waals surface area contributed by atoms with E-state index in [0.29, 0.717) is 24.4 Å². The number of carbonyl (C=O) groups excluding carboxylic acids is 2. The highest BCUT2D eigenvalue weighted by Gasteiger charge is 2.74. The van der Waals surface area contributed by atoms with Crippen molar-refractivity contribution in [1.29, 1.82) is 0 Å². The molecule has 1 aromatic rings. The molecule has 0 N–H and O–H groups in total. The van der Waals surface area contributed by atoms with E-state index < -0.39 is 5.41 Å². The molecule has 0 heterocycles. The van der Waals surface area contributed by atoms with Crippen molar-refractivity contribution in [2.24, 2.45) is 34.5 Å². The van der Waals surface area contributed by atoms with Crippen LogP contribution in [0.1, 0.15) is 110 Å². The van der Waals surface area contributed by atoms with Gasteiger partial charge in [0, 0.05) is 29.7 Å². The standard InChI is InChI=1S/C34H48O6/c1-18(35)40-29-20-15-24-32(5,6)12-10-13-33(24,7)27-25(20)22(16-23(37-8)28(27)38-9)34(29)14-11-19-21(26(19)34)17-39-30(36)31(2,3)4/h16,19-21,24,26,29H,10-15,17H2,1-9H3/t19?,20-,21?,24?,26?,29-,33?,34-/m0/s1. The highest BCUT2D eigenvalue weighted by Crippen LogP contribution is 2.76. The summed E-state index contributed by atoms with van der Waals surface area (Å²) in [5.41, 5.74) is 3.26. The third-order valence-electron chi connectivity index (χ3n) is 11.9. The zero-order valence-corrected chi connectivity index (χ0v) is 25.9. The van der Waals surface area contributed by atoms with E-state index in [0.717, 1.165) is 37.2 Å². The lowest BCUT2D eigenvalue weighted by atomic mass is 9.48. The fraction of sp³-hybridized carbons (Fsp3) is 0.765. The lowest BCUT2D eigenvalue weighted by Gasteiger charge is -2.56. The maximum Gasteiger partial charge on any atom is 0.311 e. The summed E-state index contributed by atoms with van der Waals surface area (Å²) in [4.78, 5) is 25.4. The number of methoxy groups -OCH3 is 2. The van der Waals surface area contributed by atoms with Crippen LogP contribution in [0.3, 0.4) is 0 Å². The molecule has 1 aromatic carbocycles. The van der Waals surface area contributed by atoms with Crippen LogP contribution in [0.5, 0.6) is 11.5 Å². The van der Waals surface area contributed by atoms with Gasteiger partial charge in [-0.2, -0.15) is 0 Å². The van der Waals surface area contributed by atoms with Crippen molar-refractivity contribution in [3.8, 4) is 11.5 Å². The van der Waals surface area contributed by atoms with Crippen molar-refractivity contribution in [1.82, 2.24) is 0 Å². The lowest BCUT2D eigenvalue weighted by molar-refractivity contribution is -0.154. The molecule has 220 valence electrons. The van der Waals surface area contributed by atoms with Crippen molar-refractivity contribution >= 4 is 11.9 Å². The van der Waals surface area contributed by atoms with Crippen LogP contribution in [0.2, 0.25) is 0 Å². The molecule has 0 aliphatic heterocycles. The Morgan fingerprint density at radius 2 is 1.77 bits per heavy atom. The number of hydrogen-bond donors (Lipinski definition) is 0. The first-order valence-corrected chi connectivity index (χ1v) is 15.4. The van der Waals surface area contributed by atoms with Gasteiger partial charge in [-0.15, -0.1) is 0 Å². The van der Waals surface area contributed by atoms with Crippen LogP contribution < -0.4 is 9.47 Å². The molecule has 0 saturated heterocycles. The van der Waals surface area contributed by atoms with Crippen LogP contribution in [0, 0.1) is 34.5 Å². The predicted molar refractivity (Wildman–Crippen MR) is 153 cm³/mol. The Morgan fingerprint density at radius 1 is 1.05 bits per heavy atom. The van der Waals surface area contributed by atoms with Crippen LogP contribution in [0.25, 0.3) is 0 Å². The highest BCUT2D eigenvalue weighted by molar-refractivity contribution is 5.75. The molecule has 1 spiro atoms. The molecule has 8 atom stereocenters. The Labute approximate surface area is 239 Å². The van der Waals surface area contributed by atoms with Gasteiger partial charge in [0.2, 0.25) is 0 Å². The summed E-state index contributed by atoms with van der Waals surface area (Å²) in [5, 5.41) is 0. The van der Waals surface area contributed by atoms with Gasteiger partial charge in [-0.05, 0) is 98.7 Å². The van der Waals surface area contributed by atoms with Crippen LogP contribution >= 0.6 is 0 Å². The molecule has 3 fully saturated rings. The molecular weight excluding hydrogens is 504 g/mol. The number of benzene rings is 1. The number of hydrogen-bond acceptors (Lipinski definition) is 6. The van der Waals surface area contributed by atoms with Crippen molar-refractivity contribution in [3.05, 3.63) is 22.8 Å². The van der Waals surface area contributed by atoms with Gasteiger partial charge < -0.3 is 18.9 Å². The normalized spacial score (nSPS) is 38.2. The molecule has 6 rings (SSSR count). The van der Waals surface area contributed by atoms with Crippen molar-refractivity contribution in [2.45, 2.75) is 110 Å². The Hall–Kier alpha value is -2.24. The van der Waals surface area contributed by atoms with E-state index in [4.69, 9.17) is 18.9 Å². The average Bonchev–Trinajstić information content (AvgIpc) is 3.34. The zero-order chi connectivity index (χ0) is 29.0. The van der Waals surface area contributed by atoms with Crippen LogP contribution in [-0.2, 0) is 29.9 Å². The maximum atomic E-state index is 12.8. The van der Waals surface area contributed by atoms with Crippen molar-refractivity contribution in [2.75, 3.05) is 20.8 Å². The minimum Gasteiger partial charge on any atom is -0.493 e. The number of rotatable bonds is 5. The molecule has 5 aliphatic carbocycles. The van der Waals surface area contributed by atoms with Gasteiger partial charge in [0.05, 0.1) is 26.2 Å².